The molecule has 0 aliphatic heterocycles. The average Bonchev–Trinajstić information content (AvgIpc) is 2.36. The number of hydrogen-bond acceptors (Lipinski definition) is 2. The largest absolute Gasteiger partial charge is 0.491 e. The van der Waals surface area contributed by atoms with E-state index in [1.807, 2.05) is 6.07 Å². The van der Waals surface area contributed by atoms with E-state index in [0.29, 0.717) is 11.5 Å². The summed E-state index contributed by atoms with van der Waals surface area (Å²) in [7, 11) is 0. The second-order valence-corrected chi connectivity index (χ2v) is 6.98. The van der Waals surface area contributed by atoms with Gasteiger partial charge in [-0.15, -0.1) is 0 Å². The fourth-order valence-corrected chi connectivity index (χ4v) is 3.11. The molecule has 0 radical (unpaired) electrons. The van der Waals surface area contributed by atoms with Crippen molar-refractivity contribution in [3.8, 4) is 5.75 Å². The lowest BCUT2D eigenvalue weighted by Crippen LogP contribution is -2.43. The Balaban J connectivity index is 1.93. The quantitative estimate of drug-likeness (QED) is 0.852. The maximum atomic E-state index is 5.76. The van der Waals surface area contributed by atoms with Gasteiger partial charge in [0.2, 0.25) is 0 Å². The third-order valence-corrected chi connectivity index (χ3v) is 4.33. The highest BCUT2D eigenvalue weighted by atomic mass is 16.5. The van der Waals surface area contributed by atoms with Crippen LogP contribution in [0.2, 0.25) is 0 Å². The molecular weight excluding hydrogens is 246 g/mol. The number of nitrogens with one attached hydrogen (secondary N) is 1. The zero-order valence-corrected chi connectivity index (χ0v) is 13.4. The summed E-state index contributed by atoms with van der Waals surface area (Å²) in [6.07, 6.45) is 5.60. The highest BCUT2D eigenvalue weighted by molar-refractivity contribution is 5.28. The molecule has 2 rings (SSSR count). The van der Waals surface area contributed by atoms with Crippen LogP contribution in [0.25, 0.3) is 0 Å². The fraction of sp³-hybridized carbons (Fsp3) is 0.667. The van der Waals surface area contributed by atoms with Gasteiger partial charge in [0.15, 0.2) is 0 Å². The molecule has 1 aliphatic rings. The van der Waals surface area contributed by atoms with E-state index in [9.17, 15) is 0 Å². The third-order valence-electron chi connectivity index (χ3n) is 4.33. The molecule has 1 aromatic carbocycles. The number of benzene rings is 1. The zero-order chi connectivity index (χ0) is 14.6. The highest BCUT2D eigenvalue weighted by Gasteiger charge is 2.31. The van der Waals surface area contributed by atoms with Crippen LogP contribution in [0.4, 0.5) is 0 Å². The molecule has 1 saturated carbocycles. The Hall–Kier alpha value is -1.02. The Bertz CT molecular complexity index is 425. The minimum Gasteiger partial charge on any atom is -0.491 e. The van der Waals surface area contributed by atoms with Gasteiger partial charge in [0, 0.05) is 12.6 Å². The first-order valence-corrected chi connectivity index (χ1v) is 7.96. The number of hydrogen-bond donors (Lipinski definition) is 1. The van der Waals surface area contributed by atoms with Crippen molar-refractivity contribution in [3.63, 3.8) is 0 Å². The average molecular weight is 275 g/mol. The van der Waals surface area contributed by atoms with Crippen LogP contribution in [0.1, 0.15) is 58.9 Å². The first-order chi connectivity index (χ1) is 9.47. The van der Waals surface area contributed by atoms with Crippen molar-refractivity contribution in [2.45, 2.75) is 72.1 Å². The van der Waals surface area contributed by atoms with E-state index in [1.54, 1.807) is 0 Å². The summed E-state index contributed by atoms with van der Waals surface area (Å²) < 4.78 is 5.76. The molecule has 2 nitrogen and oxygen atoms in total. The van der Waals surface area contributed by atoms with Crippen LogP contribution in [0, 0.1) is 5.41 Å². The van der Waals surface area contributed by atoms with Gasteiger partial charge in [0.25, 0.3) is 0 Å². The van der Waals surface area contributed by atoms with E-state index in [-0.39, 0.29) is 6.10 Å². The van der Waals surface area contributed by atoms with Crippen LogP contribution >= 0.6 is 0 Å². The van der Waals surface area contributed by atoms with Gasteiger partial charge >= 0.3 is 0 Å². The van der Waals surface area contributed by atoms with E-state index in [2.05, 4.69) is 51.2 Å². The van der Waals surface area contributed by atoms with Crippen LogP contribution in [0.3, 0.4) is 0 Å². The molecule has 1 atom stereocenters. The Labute approximate surface area is 123 Å². The second kappa shape index (κ2) is 6.62. The van der Waals surface area contributed by atoms with Crippen LogP contribution in [0.5, 0.6) is 5.75 Å². The maximum Gasteiger partial charge on any atom is 0.120 e. The van der Waals surface area contributed by atoms with Crippen molar-refractivity contribution in [2.75, 3.05) is 0 Å². The minimum atomic E-state index is 0.232. The normalized spacial score (nSPS) is 21.9. The van der Waals surface area contributed by atoms with Crippen molar-refractivity contribution in [1.82, 2.24) is 5.32 Å². The second-order valence-electron chi connectivity index (χ2n) is 6.98. The molecule has 1 aromatic rings. The smallest absolute Gasteiger partial charge is 0.120 e. The monoisotopic (exact) mass is 275 g/mol. The van der Waals surface area contributed by atoms with Crippen molar-refractivity contribution in [1.29, 1.82) is 0 Å². The van der Waals surface area contributed by atoms with Gasteiger partial charge in [-0.2, -0.15) is 0 Å². The Morgan fingerprint density at radius 3 is 2.80 bits per heavy atom. The molecule has 0 spiro atoms. The SMILES string of the molecule is CC(C)Oc1cccc(CNC2CCCCC2(C)C)c1. The molecule has 0 bridgehead atoms. The summed E-state index contributed by atoms with van der Waals surface area (Å²) in [6, 6.07) is 9.08. The first kappa shape index (κ1) is 15.4. The molecule has 0 amide bonds. The lowest BCUT2D eigenvalue weighted by molar-refractivity contribution is 0.166. The topological polar surface area (TPSA) is 21.3 Å². The molecule has 20 heavy (non-hydrogen) atoms. The Morgan fingerprint density at radius 2 is 2.10 bits per heavy atom. The molecule has 1 N–H and O–H groups in total. The molecule has 0 aromatic heterocycles. The van der Waals surface area contributed by atoms with Gasteiger partial charge in [-0.25, -0.2) is 0 Å². The number of ether oxygens (including phenoxy) is 1. The molecule has 1 aliphatic carbocycles. The van der Waals surface area contributed by atoms with Crippen molar-refractivity contribution < 1.29 is 4.74 Å². The minimum absolute atomic E-state index is 0.232. The van der Waals surface area contributed by atoms with Crippen LogP contribution in [-0.4, -0.2) is 12.1 Å². The standard InChI is InChI=1S/C18H29NO/c1-14(2)20-16-9-7-8-15(12-16)13-19-17-10-5-6-11-18(17,3)4/h7-9,12,14,17,19H,5-6,10-11,13H2,1-4H3. The first-order valence-electron chi connectivity index (χ1n) is 7.96. The van der Waals surface area contributed by atoms with E-state index in [4.69, 9.17) is 4.74 Å². The summed E-state index contributed by atoms with van der Waals surface area (Å²) in [5.41, 5.74) is 1.73. The van der Waals surface area contributed by atoms with Gasteiger partial charge in [0.1, 0.15) is 5.75 Å². The fourth-order valence-electron chi connectivity index (χ4n) is 3.11. The van der Waals surface area contributed by atoms with E-state index in [1.165, 1.54) is 31.2 Å². The number of rotatable bonds is 5. The van der Waals surface area contributed by atoms with Crippen molar-refractivity contribution in [2.24, 2.45) is 5.41 Å². The molecule has 112 valence electrons. The maximum absolute atomic E-state index is 5.76. The molecule has 0 saturated heterocycles. The third kappa shape index (κ3) is 4.24. The van der Waals surface area contributed by atoms with Gasteiger partial charge in [-0.1, -0.05) is 38.8 Å². The molecule has 0 heterocycles. The van der Waals surface area contributed by atoms with Crippen LogP contribution < -0.4 is 10.1 Å². The van der Waals surface area contributed by atoms with Crippen molar-refractivity contribution >= 4 is 0 Å². The summed E-state index contributed by atoms with van der Waals surface area (Å²) in [5.74, 6) is 0.974. The summed E-state index contributed by atoms with van der Waals surface area (Å²) in [4.78, 5) is 0. The van der Waals surface area contributed by atoms with E-state index >= 15 is 0 Å². The van der Waals surface area contributed by atoms with Crippen LogP contribution in [0.15, 0.2) is 24.3 Å². The Morgan fingerprint density at radius 1 is 1.30 bits per heavy atom. The molecule has 2 heteroatoms. The van der Waals surface area contributed by atoms with Gasteiger partial charge in [-0.3, -0.25) is 0 Å². The molecular formula is C18H29NO. The van der Waals surface area contributed by atoms with Crippen LogP contribution in [-0.2, 0) is 6.54 Å². The summed E-state index contributed by atoms with van der Waals surface area (Å²) >= 11 is 0. The lowest BCUT2D eigenvalue weighted by atomic mass is 9.73. The van der Waals surface area contributed by atoms with E-state index in [0.717, 1.165) is 12.3 Å². The molecule has 1 unspecified atom stereocenters. The summed E-state index contributed by atoms with van der Waals surface area (Å²) in [6.45, 7) is 9.85. The lowest BCUT2D eigenvalue weighted by Gasteiger charge is -2.39. The predicted octanol–water partition coefficient (Wildman–Crippen LogP) is 4.53. The van der Waals surface area contributed by atoms with Gasteiger partial charge in [-0.05, 0) is 49.8 Å². The van der Waals surface area contributed by atoms with Gasteiger partial charge in [0.05, 0.1) is 6.10 Å². The Kier molecular flexibility index (Phi) is 5.09. The zero-order valence-electron chi connectivity index (χ0n) is 13.4. The summed E-state index contributed by atoms with van der Waals surface area (Å²) in [5, 5.41) is 3.75. The predicted molar refractivity (Wildman–Crippen MR) is 85.1 cm³/mol. The van der Waals surface area contributed by atoms with Gasteiger partial charge < -0.3 is 10.1 Å². The van der Waals surface area contributed by atoms with Crippen molar-refractivity contribution in [3.05, 3.63) is 29.8 Å². The molecule has 1 fully saturated rings. The highest BCUT2D eigenvalue weighted by Crippen LogP contribution is 2.35. The van der Waals surface area contributed by atoms with E-state index < -0.39 is 0 Å².